The van der Waals surface area contributed by atoms with Gasteiger partial charge < -0.3 is 10.6 Å². The number of piperidine rings is 1. The molecule has 19 heavy (non-hydrogen) atoms. The fourth-order valence-corrected chi connectivity index (χ4v) is 2.88. The molecule has 0 aromatic heterocycles. The van der Waals surface area contributed by atoms with Gasteiger partial charge in [-0.25, -0.2) is 4.39 Å². The summed E-state index contributed by atoms with van der Waals surface area (Å²) < 4.78 is 13.1. The van der Waals surface area contributed by atoms with Gasteiger partial charge in [0.15, 0.2) is 0 Å². The maximum atomic E-state index is 13.1. The van der Waals surface area contributed by atoms with Crippen LogP contribution in [0.15, 0.2) is 18.2 Å². The largest absolute Gasteiger partial charge is 0.334 e. The van der Waals surface area contributed by atoms with Crippen molar-refractivity contribution in [1.29, 1.82) is 0 Å². The highest BCUT2D eigenvalue weighted by Crippen LogP contribution is 2.25. The van der Waals surface area contributed by atoms with Crippen molar-refractivity contribution in [3.8, 4) is 0 Å². The minimum atomic E-state index is -0.309. The average Bonchev–Trinajstić information content (AvgIpc) is 2.37. The summed E-state index contributed by atoms with van der Waals surface area (Å²) in [5, 5.41) is 0. The topological polar surface area (TPSA) is 46.3 Å². The van der Waals surface area contributed by atoms with Crippen LogP contribution in [0.4, 0.5) is 4.39 Å². The van der Waals surface area contributed by atoms with Gasteiger partial charge in [0.05, 0.1) is 0 Å². The monoisotopic (exact) mass is 264 g/mol. The molecule has 1 aliphatic heterocycles. The van der Waals surface area contributed by atoms with Crippen LogP contribution in [-0.4, -0.2) is 29.9 Å². The normalized spacial score (nSPS) is 23.5. The molecule has 1 fully saturated rings. The lowest BCUT2D eigenvalue weighted by molar-refractivity contribution is 0.0532. The molecule has 1 aliphatic rings. The Morgan fingerprint density at radius 1 is 1.53 bits per heavy atom. The fraction of sp³-hybridized carbons (Fsp3) is 0.533. The standard InChI is InChI=1S/C15H21FN2O/c1-10-4-3-7-18(14(10)9-17)15(19)13-6-5-12(16)8-11(13)2/h5-6,8,10,14H,3-4,7,9,17H2,1-2H3. The Balaban J connectivity index is 2.27. The summed E-state index contributed by atoms with van der Waals surface area (Å²) >= 11 is 0. The molecule has 1 aromatic carbocycles. The molecule has 1 aromatic rings. The SMILES string of the molecule is Cc1cc(F)ccc1C(=O)N1CCCC(C)C1CN. The molecule has 1 saturated heterocycles. The maximum Gasteiger partial charge on any atom is 0.254 e. The van der Waals surface area contributed by atoms with Crippen LogP contribution in [0.3, 0.4) is 0 Å². The van der Waals surface area contributed by atoms with Gasteiger partial charge >= 0.3 is 0 Å². The molecule has 0 spiro atoms. The Kier molecular flexibility index (Phi) is 4.20. The second-order valence-electron chi connectivity index (χ2n) is 5.38. The van der Waals surface area contributed by atoms with Gasteiger partial charge in [-0.1, -0.05) is 6.92 Å². The second-order valence-corrected chi connectivity index (χ2v) is 5.38. The van der Waals surface area contributed by atoms with Crippen molar-refractivity contribution in [1.82, 2.24) is 4.90 Å². The molecule has 2 N–H and O–H groups in total. The fourth-order valence-electron chi connectivity index (χ4n) is 2.88. The van der Waals surface area contributed by atoms with Crippen LogP contribution < -0.4 is 5.73 Å². The average molecular weight is 264 g/mol. The number of likely N-dealkylation sites (tertiary alicyclic amines) is 1. The highest BCUT2D eigenvalue weighted by atomic mass is 19.1. The third-order valence-electron chi connectivity index (χ3n) is 4.04. The molecule has 2 unspecified atom stereocenters. The Morgan fingerprint density at radius 2 is 2.26 bits per heavy atom. The first-order chi connectivity index (χ1) is 9.04. The maximum absolute atomic E-state index is 13.1. The summed E-state index contributed by atoms with van der Waals surface area (Å²) in [4.78, 5) is 14.5. The zero-order valence-electron chi connectivity index (χ0n) is 11.5. The lowest BCUT2D eigenvalue weighted by atomic mass is 9.90. The molecule has 0 aliphatic carbocycles. The molecular weight excluding hydrogens is 243 g/mol. The second kappa shape index (κ2) is 5.70. The highest BCUT2D eigenvalue weighted by molar-refractivity contribution is 5.96. The van der Waals surface area contributed by atoms with E-state index < -0.39 is 0 Å². The van der Waals surface area contributed by atoms with E-state index in [1.807, 2.05) is 4.90 Å². The van der Waals surface area contributed by atoms with Crippen molar-refractivity contribution in [2.45, 2.75) is 32.7 Å². The van der Waals surface area contributed by atoms with Gasteiger partial charge in [-0.2, -0.15) is 0 Å². The first-order valence-electron chi connectivity index (χ1n) is 6.81. The molecule has 1 amide bonds. The molecule has 0 bridgehead atoms. The van der Waals surface area contributed by atoms with Crippen LogP contribution in [0.5, 0.6) is 0 Å². The zero-order chi connectivity index (χ0) is 14.0. The zero-order valence-corrected chi connectivity index (χ0v) is 11.5. The van der Waals surface area contributed by atoms with Gasteiger partial charge in [-0.05, 0) is 49.4 Å². The predicted molar refractivity (Wildman–Crippen MR) is 73.4 cm³/mol. The van der Waals surface area contributed by atoms with Crippen LogP contribution in [-0.2, 0) is 0 Å². The van der Waals surface area contributed by atoms with Crippen molar-refractivity contribution >= 4 is 5.91 Å². The molecule has 1 heterocycles. The minimum absolute atomic E-state index is 0.0282. The van der Waals surface area contributed by atoms with E-state index in [0.29, 0.717) is 23.6 Å². The highest BCUT2D eigenvalue weighted by Gasteiger charge is 2.31. The number of rotatable bonds is 2. The van der Waals surface area contributed by atoms with Gasteiger partial charge in [0, 0.05) is 24.7 Å². The Labute approximate surface area is 113 Å². The molecule has 3 nitrogen and oxygen atoms in total. The number of halogens is 1. The van der Waals surface area contributed by atoms with E-state index in [1.165, 1.54) is 12.1 Å². The summed E-state index contributed by atoms with van der Waals surface area (Å²) in [7, 11) is 0. The smallest absolute Gasteiger partial charge is 0.254 e. The lowest BCUT2D eigenvalue weighted by Crippen LogP contribution is -2.51. The molecule has 104 valence electrons. The van der Waals surface area contributed by atoms with Crippen molar-refractivity contribution in [2.24, 2.45) is 11.7 Å². The van der Waals surface area contributed by atoms with Gasteiger partial charge in [0.1, 0.15) is 5.82 Å². The number of carbonyl (C=O) groups excluding carboxylic acids is 1. The number of hydrogen-bond acceptors (Lipinski definition) is 2. The summed E-state index contributed by atoms with van der Waals surface area (Å²) in [6, 6.07) is 4.40. The number of carbonyl (C=O) groups is 1. The van der Waals surface area contributed by atoms with E-state index in [4.69, 9.17) is 5.73 Å². The van der Waals surface area contributed by atoms with Crippen LogP contribution in [0.2, 0.25) is 0 Å². The summed E-state index contributed by atoms with van der Waals surface area (Å²) in [5.41, 5.74) is 7.07. The van der Waals surface area contributed by atoms with Gasteiger partial charge in [0.25, 0.3) is 5.91 Å². The van der Waals surface area contributed by atoms with Gasteiger partial charge in [-0.15, -0.1) is 0 Å². The quantitative estimate of drug-likeness (QED) is 0.891. The van der Waals surface area contributed by atoms with E-state index >= 15 is 0 Å². The third kappa shape index (κ3) is 2.78. The lowest BCUT2D eigenvalue weighted by Gasteiger charge is -2.39. The number of amides is 1. The first-order valence-corrected chi connectivity index (χ1v) is 6.81. The van der Waals surface area contributed by atoms with Crippen molar-refractivity contribution in [3.05, 3.63) is 35.1 Å². The molecule has 2 rings (SSSR count). The van der Waals surface area contributed by atoms with E-state index in [-0.39, 0.29) is 17.8 Å². The Morgan fingerprint density at radius 3 is 2.89 bits per heavy atom. The molecule has 0 radical (unpaired) electrons. The number of benzene rings is 1. The predicted octanol–water partition coefficient (Wildman–Crippen LogP) is 2.33. The van der Waals surface area contributed by atoms with Crippen LogP contribution in [0.1, 0.15) is 35.7 Å². The molecule has 4 heteroatoms. The summed E-state index contributed by atoms with van der Waals surface area (Å²) in [6.45, 7) is 5.12. The number of hydrogen-bond donors (Lipinski definition) is 1. The van der Waals surface area contributed by atoms with E-state index in [1.54, 1.807) is 13.0 Å². The molecule has 2 atom stereocenters. The Bertz CT molecular complexity index is 475. The van der Waals surface area contributed by atoms with Gasteiger partial charge in [-0.3, -0.25) is 4.79 Å². The molecule has 0 saturated carbocycles. The van der Waals surface area contributed by atoms with Gasteiger partial charge in [0.2, 0.25) is 0 Å². The van der Waals surface area contributed by atoms with Crippen LogP contribution in [0.25, 0.3) is 0 Å². The number of nitrogens with zero attached hydrogens (tertiary/aromatic N) is 1. The Hall–Kier alpha value is -1.42. The van der Waals surface area contributed by atoms with Crippen LogP contribution in [0, 0.1) is 18.7 Å². The van der Waals surface area contributed by atoms with Crippen molar-refractivity contribution in [2.75, 3.05) is 13.1 Å². The third-order valence-corrected chi connectivity index (χ3v) is 4.04. The summed E-state index contributed by atoms with van der Waals surface area (Å²) in [5.74, 6) is 0.0828. The van der Waals surface area contributed by atoms with Crippen molar-refractivity contribution in [3.63, 3.8) is 0 Å². The molecular formula is C15H21FN2O. The van der Waals surface area contributed by atoms with E-state index in [2.05, 4.69) is 6.92 Å². The van der Waals surface area contributed by atoms with E-state index in [9.17, 15) is 9.18 Å². The summed E-state index contributed by atoms with van der Waals surface area (Å²) in [6.07, 6.45) is 2.11. The minimum Gasteiger partial charge on any atom is -0.334 e. The number of aryl methyl sites for hydroxylation is 1. The number of nitrogens with two attached hydrogens (primary N) is 1. The first kappa shape index (κ1) is 14.0. The van der Waals surface area contributed by atoms with Crippen molar-refractivity contribution < 1.29 is 9.18 Å². The van der Waals surface area contributed by atoms with E-state index in [0.717, 1.165) is 19.4 Å². The van der Waals surface area contributed by atoms with Crippen LogP contribution >= 0.6 is 0 Å².